The zero-order valence-corrected chi connectivity index (χ0v) is 18.7. The van der Waals surface area contributed by atoms with Crippen LogP contribution in [0.1, 0.15) is 5.56 Å². The standard InChI is InChI=1S/C25H29N5O3/c1-2-11-29-24(26)20(25(31)30(29)19-7-4-3-5-8-19)18-27-12-14-28(15-13-27)21-9-6-10-22-23(21)33-17-16-32-22/h2-10H,1,11-18,26H2. The Kier molecular flexibility index (Phi) is 5.83. The molecule has 2 N–H and O–H groups in total. The molecule has 0 spiro atoms. The lowest BCUT2D eigenvalue weighted by atomic mass is 10.2. The van der Waals surface area contributed by atoms with Crippen LogP contribution in [0.4, 0.5) is 11.5 Å². The highest BCUT2D eigenvalue weighted by molar-refractivity contribution is 5.65. The van der Waals surface area contributed by atoms with Crippen molar-refractivity contribution in [2.24, 2.45) is 0 Å². The lowest BCUT2D eigenvalue weighted by Gasteiger charge is -2.37. The molecule has 5 rings (SSSR count). The highest BCUT2D eigenvalue weighted by Gasteiger charge is 2.26. The Morgan fingerprint density at radius 1 is 0.970 bits per heavy atom. The molecule has 172 valence electrons. The van der Waals surface area contributed by atoms with Crippen molar-refractivity contribution in [1.29, 1.82) is 0 Å². The van der Waals surface area contributed by atoms with Crippen LogP contribution in [0, 0.1) is 0 Å². The summed E-state index contributed by atoms with van der Waals surface area (Å²) in [5.41, 5.74) is 8.88. The molecule has 2 aliphatic rings. The summed E-state index contributed by atoms with van der Waals surface area (Å²) in [6.45, 7) is 9.26. The third-order valence-electron chi connectivity index (χ3n) is 6.22. The van der Waals surface area contributed by atoms with Crippen LogP contribution < -0.4 is 25.7 Å². The van der Waals surface area contributed by atoms with Crippen LogP contribution in [0.25, 0.3) is 5.69 Å². The van der Waals surface area contributed by atoms with Crippen LogP contribution in [-0.4, -0.2) is 53.7 Å². The van der Waals surface area contributed by atoms with Gasteiger partial charge in [-0.05, 0) is 24.3 Å². The molecule has 8 nitrogen and oxygen atoms in total. The van der Waals surface area contributed by atoms with E-state index in [9.17, 15) is 4.79 Å². The maximum absolute atomic E-state index is 13.4. The number of rotatable bonds is 6. The normalized spacial score (nSPS) is 16.1. The van der Waals surface area contributed by atoms with Gasteiger partial charge < -0.3 is 20.1 Å². The lowest BCUT2D eigenvalue weighted by molar-refractivity contribution is 0.171. The van der Waals surface area contributed by atoms with E-state index < -0.39 is 0 Å². The van der Waals surface area contributed by atoms with Crippen LogP contribution in [0.3, 0.4) is 0 Å². The number of aromatic nitrogens is 2. The summed E-state index contributed by atoms with van der Waals surface area (Å²) in [5.74, 6) is 2.13. The second-order valence-electron chi connectivity index (χ2n) is 8.25. The van der Waals surface area contributed by atoms with E-state index in [2.05, 4.69) is 22.4 Å². The van der Waals surface area contributed by atoms with Crippen molar-refractivity contribution < 1.29 is 9.47 Å². The number of hydrogen-bond acceptors (Lipinski definition) is 6. The van der Waals surface area contributed by atoms with Gasteiger partial charge in [-0.3, -0.25) is 14.4 Å². The molecule has 0 aliphatic carbocycles. The molecule has 0 unspecified atom stereocenters. The first-order chi connectivity index (χ1) is 16.2. The van der Waals surface area contributed by atoms with Gasteiger partial charge >= 0.3 is 0 Å². The van der Waals surface area contributed by atoms with Crippen molar-refractivity contribution in [2.75, 3.05) is 50.0 Å². The topological polar surface area (TPSA) is 77.9 Å². The summed E-state index contributed by atoms with van der Waals surface area (Å²) in [4.78, 5) is 18.0. The number of anilines is 2. The largest absolute Gasteiger partial charge is 0.486 e. The maximum atomic E-state index is 13.4. The fraction of sp³-hybridized carbons (Fsp3) is 0.320. The molecule has 3 aromatic rings. The van der Waals surface area contributed by atoms with Gasteiger partial charge in [-0.15, -0.1) is 6.58 Å². The van der Waals surface area contributed by atoms with Gasteiger partial charge in [0, 0.05) is 32.7 Å². The molecular weight excluding hydrogens is 418 g/mol. The summed E-state index contributed by atoms with van der Waals surface area (Å²) in [7, 11) is 0. The molecule has 0 bridgehead atoms. The van der Waals surface area contributed by atoms with E-state index in [0.717, 1.165) is 49.1 Å². The fourth-order valence-corrected chi connectivity index (χ4v) is 4.57. The van der Waals surface area contributed by atoms with Crippen LogP contribution in [0.5, 0.6) is 11.5 Å². The highest BCUT2D eigenvalue weighted by atomic mass is 16.6. The first-order valence-corrected chi connectivity index (χ1v) is 11.3. The number of para-hydroxylation sites is 2. The van der Waals surface area contributed by atoms with Gasteiger partial charge in [0.1, 0.15) is 19.0 Å². The van der Waals surface area contributed by atoms with Crippen LogP contribution >= 0.6 is 0 Å². The third-order valence-corrected chi connectivity index (χ3v) is 6.22. The van der Waals surface area contributed by atoms with Crippen molar-refractivity contribution >= 4 is 11.5 Å². The second kappa shape index (κ2) is 9.07. The number of nitrogens with zero attached hydrogens (tertiary/aromatic N) is 4. The number of hydrogen-bond donors (Lipinski definition) is 1. The molecule has 2 aliphatic heterocycles. The van der Waals surface area contributed by atoms with Gasteiger partial charge in [0.2, 0.25) is 0 Å². The van der Waals surface area contributed by atoms with E-state index in [1.807, 2.05) is 42.5 Å². The fourth-order valence-electron chi connectivity index (χ4n) is 4.57. The first-order valence-electron chi connectivity index (χ1n) is 11.3. The van der Waals surface area contributed by atoms with E-state index in [1.165, 1.54) is 0 Å². The Bertz CT molecular complexity index is 1190. The maximum Gasteiger partial charge on any atom is 0.278 e. The summed E-state index contributed by atoms with van der Waals surface area (Å²) in [5, 5.41) is 0. The monoisotopic (exact) mass is 447 g/mol. The van der Waals surface area contributed by atoms with Gasteiger partial charge in [0.25, 0.3) is 5.56 Å². The number of nitrogen functional groups attached to an aromatic ring is 1. The summed E-state index contributed by atoms with van der Waals surface area (Å²) < 4.78 is 15.1. The molecule has 0 atom stereocenters. The van der Waals surface area contributed by atoms with Crippen LogP contribution in [-0.2, 0) is 13.1 Å². The molecule has 0 amide bonds. The molecule has 1 saturated heterocycles. The lowest BCUT2D eigenvalue weighted by Crippen LogP contribution is -2.46. The quantitative estimate of drug-likeness (QED) is 0.585. The number of ether oxygens (including phenoxy) is 2. The average molecular weight is 448 g/mol. The SMILES string of the molecule is C=CCn1c(N)c(CN2CCN(c3cccc4c3OCCO4)CC2)c(=O)n1-c1ccccc1. The van der Waals surface area contributed by atoms with Crippen molar-refractivity contribution in [3.8, 4) is 17.2 Å². The first kappa shape index (κ1) is 21.2. The average Bonchev–Trinajstić information content (AvgIpc) is 3.09. The predicted molar refractivity (Wildman–Crippen MR) is 130 cm³/mol. The Morgan fingerprint density at radius 3 is 2.48 bits per heavy atom. The minimum absolute atomic E-state index is 0.0781. The van der Waals surface area contributed by atoms with Gasteiger partial charge in [-0.25, -0.2) is 4.68 Å². The van der Waals surface area contributed by atoms with Crippen LogP contribution in [0.15, 0.2) is 66.0 Å². The molecular formula is C25H29N5O3. The van der Waals surface area contributed by atoms with E-state index in [1.54, 1.807) is 15.4 Å². The number of piperazine rings is 1. The van der Waals surface area contributed by atoms with E-state index in [4.69, 9.17) is 15.2 Å². The summed E-state index contributed by atoms with van der Waals surface area (Å²) in [6.07, 6.45) is 1.75. The Hall–Kier alpha value is -3.65. The second-order valence-corrected chi connectivity index (χ2v) is 8.25. The molecule has 33 heavy (non-hydrogen) atoms. The molecule has 3 heterocycles. The van der Waals surface area contributed by atoms with Gasteiger partial charge in [0.15, 0.2) is 11.5 Å². The number of allylic oxidation sites excluding steroid dienone is 1. The van der Waals surface area contributed by atoms with Gasteiger partial charge in [-0.2, -0.15) is 0 Å². The Labute approximate surface area is 193 Å². The molecule has 2 aromatic carbocycles. The molecule has 1 fully saturated rings. The highest BCUT2D eigenvalue weighted by Crippen LogP contribution is 2.39. The molecule has 1 aromatic heterocycles. The van der Waals surface area contributed by atoms with Crippen molar-refractivity contribution in [1.82, 2.24) is 14.3 Å². The molecule has 0 radical (unpaired) electrons. The van der Waals surface area contributed by atoms with Gasteiger partial charge in [-0.1, -0.05) is 30.3 Å². The van der Waals surface area contributed by atoms with Crippen LogP contribution in [0.2, 0.25) is 0 Å². The van der Waals surface area contributed by atoms with E-state index in [0.29, 0.717) is 37.7 Å². The number of nitrogens with two attached hydrogens (primary N) is 1. The summed E-state index contributed by atoms with van der Waals surface area (Å²) in [6, 6.07) is 15.6. The van der Waals surface area contributed by atoms with Crippen molar-refractivity contribution in [3.63, 3.8) is 0 Å². The van der Waals surface area contributed by atoms with E-state index in [-0.39, 0.29) is 5.56 Å². The molecule has 8 heteroatoms. The van der Waals surface area contributed by atoms with Gasteiger partial charge in [0.05, 0.1) is 23.5 Å². The minimum Gasteiger partial charge on any atom is -0.486 e. The zero-order chi connectivity index (χ0) is 22.8. The molecule has 0 saturated carbocycles. The Balaban J connectivity index is 1.35. The third kappa shape index (κ3) is 3.98. The minimum atomic E-state index is -0.0781. The van der Waals surface area contributed by atoms with Crippen molar-refractivity contribution in [3.05, 3.63) is 77.1 Å². The predicted octanol–water partition coefficient (Wildman–Crippen LogP) is 2.50. The number of fused-ring (bicyclic) bond motifs is 1. The number of benzene rings is 2. The van der Waals surface area contributed by atoms with E-state index >= 15 is 0 Å². The zero-order valence-electron chi connectivity index (χ0n) is 18.7. The Morgan fingerprint density at radius 2 is 1.73 bits per heavy atom. The van der Waals surface area contributed by atoms with Crippen molar-refractivity contribution in [2.45, 2.75) is 13.1 Å². The smallest absolute Gasteiger partial charge is 0.278 e. The summed E-state index contributed by atoms with van der Waals surface area (Å²) >= 11 is 0.